The highest BCUT2D eigenvalue weighted by molar-refractivity contribution is 14.0. The molecule has 26 heavy (non-hydrogen) atoms. The Labute approximate surface area is 172 Å². The van der Waals surface area contributed by atoms with Crippen LogP contribution in [-0.4, -0.2) is 33.9 Å². The molecule has 1 aromatic carbocycles. The first-order chi connectivity index (χ1) is 12.0. The van der Waals surface area contributed by atoms with E-state index in [1.54, 1.807) is 13.4 Å². The van der Waals surface area contributed by atoms with Gasteiger partial charge in [-0.3, -0.25) is 4.99 Å². The van der Waals surface area contributed by atoms with E-state index in [-0.39, 0.29) is 30.1 Å². The number of hydrogen-bond acceptors (Lipinski definition) is 4. The highest BCUT2D eigenvalue weighted by Gasteiger charge is 2.09. The van der Waals surface area contributed by atoms with Crippen molar-refractivity contribution in [3.8, 4) is 5.75 Å². The van der Waals surface area contributed by atoms with Gasteiger partial charge in [0.25, 0.3) is 0 Å². The van der Waals surface area contributed by atoms with Crippen LogP contribution in [0.15, 0.2) is 29.5 Å². The number of benzene rings is 1. The number of nitrogens with zero attached hydrogens (tertiary/aromatic N) is 4. The average molecular weight is 472 g/mol. The number of aliphatic imine (C=N–C) groups is 1. The molecule has 1 heterocycles. The quantitative estimate of drug-likeness (QED) is 0.368. The molecule has 0 fully saturated rings. The Morgan fingerprint density at radius 2 is 2.04 bits per heavy atom. The molecule has 0 saturated heterocycles. The van der Waals surface area contributed by atoms with Gasteiger partial charge in [-0.15, -0.1) is 34.2 Å². The Hall–Kier alpha value is -1.84. The first kappa shape index (κ1) is 22.2. The van der Waals surface area contributed by atoms with Crippen LogP contribution in [0.3, 0.4) is 0 Å². The van der Waals surface area contributed by atoms with E-state index >= 15 is 0 Å². The molecule has 0 aliphatic rings. The Morgan fingerprint density at radius 3 is 2.65 bits per heavy atom. The van der Waals surface area contributed by atoms with Crippen LogP contribution in [-0.2, 0) is 20.1 Å². The lowest BCUT2D eigenvalue weighted by atomic mass is 10.1. The van der Waals surface area contributed by atoms with Crippen LogP contribution in [0.5, 0.6) is 5.75 Å². The average Bonchev–Trinajstić information content (AvgIpc) is 3.01. The summed E-state index contributed by atoms with van der Waals surface area (Å²) in [4.78, 5) is 4.25. The number of rotatable bonds is 7. The summed E-state index contributed by atoms with van der Waals surface area (Å²) in [6.45, 7) is 7.46. The highest BCUT2D eigenvalue weighted by Crippen LogP contribution is 2.22. The van der Waals surface area contributed by atoms with Crippen LogP contribution in [0.25, 0.3) is 0 Å². The molecule has 1 aromatic heterocycles. The Morgan fingerprint density at radius 1 is 1.31 bits per heavy atom. The zero-order valence-electron chi connectivity index (χ0n) is 16.1. The van der Waals surface area contributed by atoms with Crippen LogP contribution < -0.4 is 15.4 Å². The molecule has 0 amide bonds. The minimum atomic E-state index is 0. The van der Waals surface area contributed by atoms with Crippen LogP contribution in [0.2, 0.25) is 0 Å². The number of aromatic nitrogens is 3. The minimum absolute atomic E-state index is 0. The highest BCUT2D eigenvalue weighted by atomic mass is 127. The zero-order chi connectivity index (χ0) is 18.2. The minimum Gasteiger partial charge on any atom is -0.490 e. The molecule has 1 unspecified atom stereocenters. The van der Waals surface area contributed by atoms with Crippen molar-refractivity contribution in [1.82, 2.24) is 25.4 Å². The standard InChI is InChI=1S/C18H28N6O.HI/c1-6-14(3)25-16-9-13(2)7-8-15(16)10-20-18(19-4)21-11-17-23-22-12-24(17)5;/h7-9,12,14H,6,10-11H2,1-5H3,(H2,19,20,21);1H. The summed E-state index contributed by atoms with van der Waals surface area (Å²) in [5, 5.41) is 14.5. The van der Waals surface area contributed by atoms with Crippen molar-refractivity contribution in [2.24, 2.45) is 12.0 Å². The second kappa shape index (κ2) is 11.0. The topological polar surface area (TPSA) is 76.4 Å². The SMILES string of the molecule is CCC(C)Oc1cc(C)ccc1CNC(=NC)NCc1nncn1C.I. The van der Waals surface area contributed by atoms with Gasteiger partial charge in [-0.2, -0.15) is 0 Å². The molecular formula is C18H29IN6O. The molecule has 0 aliphatic carbocycles. The van der Waals surface area contributed by atoms with Gasteiger partial charge in [-0.1, -0.05) is 19.1 Å². The van der Waals surface area contributed by atoms with Gasteiger partial charge < -0.3 is 19.9 Å². The smallest absolute Gasteiger partial charge is 0.191 e. The molecular weight excluding hydrogens is 443 g/mol. The van der Waals surface area contributed by atoms with E-state index in [4.69, 9.17) is 4.74 Å². The van der Waals surface area contributed by atoms with Crippen molar-refractivity contribution in [3.63, 3.8) is 0 Å². The van der Waals surface area contributed by atoms with Gasteiger partial charge in [0, 0.05) is 26.2 Å². The van der Waals surface area contributed by atoms with Gasteiger partial charge in [0.1, 0.15) is 12.1 Å². The normalized spacial score (nSPS) is 12.3. The maximum Gasteiger partial charge on any atom is 0.191 e. The monoisotopic (exact) mass is 472 g/mol. The lowest BCUT2D eigenvalue weighted by Gasteiger charge is -2.18. The van der Waals surface area contributed by atoms with Crippen LogP contribution in [0, 0.1) is 6.92 Å². The Bertz CT molecular complexity index is 715. The number of aryl methyl sites for hydroxylation is 2. The second-order valence-corrected chi connectivity index (χ2v) is 6.09. The molecule has 144 valence electrons. The van der Waals surface area contributed by atoms with Gasteiger partial charge in [-0.25, -0.2) is 0 Å². The number of halogens is 1. The summed E-state index contributed by atoms with van der Waals surface area (Å²) in [5.74, 6) is 2.47. The molecule has 0 radical (unpaired) electrons. The largest absolute Gasteiger partial charge is 0.490 e. The van der Waals surface area contributed by atoms with E-state index in [9.17, 15) is 0 Å². The molecule has 0 spiro atoms. The molecule has 0 bridgehead atoms. The molecule has 2 rings (SSSR count). The van der Waals surface area contributed by atoms with Crippen molar-refractivity contribution in [3.05, 3.63) is 41.5 Å². The number of nitrogens with one attached hydrogen (secondary N) is 2. The summed E-state index contributed by atoms with van der Waals surface area (Å²) >= 11 is 0. The summed E-state index contributed by atoms with van der Waals surface area (Å²) < 4.78 is 7.93. The van der Waals surface area contributed by atoms with Crippen molar-refractivity contribution < 1.29 is 4.74 Å². The van der Waals surface area contributed by atoms with E-state index in [0.717, 1.165) is 23.6 Å². The van der Waals surface area contributed by atoms with E-state index in [1.165, 1.54) is 5.56 Å². The molecule has 8 heteroatoms. The second-order valence-electron chi connectivity index (χ2n) is 6.09. The first-order valence-electron chi connectivity index (χ1n) is 8.57. The van der Waals surface area contributed by atoms with E-state index in [1.807, 2.05) is 11.6 Å². The fourth-order valence-electron chi connectivity index (χ4n) is 2.25. The third-order valence-electron chi connectivity index (χ3n) is 4.01. The van der Waals surface area contributed by atoms with Gasteiger partial charge in [0.2, 0.25) is 0 Å². The van der Waals surface area contributed by atoms with Crippen molar-refractivity contribution in [2.45, 2.75) is 46.4 Å². The lowest BCUT2D eigenvalue weighted by Crippen LogP contribution is -2.37. The molecule has 0 saturated carbocycles. The number of ether oxygens (including phenoxy) is 1. The van der Waals surface area contributed by atoms with Crippen LogP contribution >= 0.6 is 24.0 Å². The molecule has 0 aliphatic heterocycles. The van der Waals surface area contributed by atoms with Gasteiger partial charge in [-0.05, 0) is 31.9 Å². The lowest BCUT2D eigenvalue weighted by molar-refractivity contribution is 0.215. The first-order valence-corrected chi connectivity index (χ1v) is 8.57. The maximum atomic E-state index is 6.05. The van der Waals surface area contributed by atoms with Gasteiger partial charge in [0.15, 0.2) is 11.8 Å². The summed E-state index contributed by atoms with van der Waals surface area (Å²) in [6, 6.07) is 6.27. The predicted molar refractivity (Wildman–Crippen MR) is 115 cm³/mol. The third kappa shape index (κ3) is 6.47. The fraction of sp³-hybridized carbons (Fsp3) is 0.500. The van der Waals surface area contributed by atoms with Crippen LogP contribution in [0.4, 0.5) is 0 Å². The molecule has 2 N–H and O–H groups in total. The molecule has 1 atom stereocenters. The van der Waals surface area contributed by atoms with E-state index in [0.29, 0.717) is 19.0 Å². The van der Waals surface area contributed by atoms with Crippen molar-refractivity contribution in [1.29, 1.82) is 0 Å². The number of hydrogen-bond donors (Lipinski definition) is 2. The van der Waals surface area contributed by atoms with E-state index in [2.05, 4.69) is 64.8 Å². The van der Waals surface area contributed by atoms with Crippen molar-refractivity contribution in [2.75, 3.05) is 7.05 Å². The predicted octanol–water partition coefficient (Wildman–Crippen LogP) is 2.78. The summed E-state index contributed by atoms with van der Waals surface area (Å²) in [6.07, 6.45) is 2.84. The fourth-order valence-corrected chi connectivity index (χ4v) is 2.25. The summed E-state index contributed by atoms with van der Waals surface area (Å²) in [7, 11) is 3.66. The third-order valence-corrected chi connectivity index (χ3v) is 4.01. The number of guanidine groups is 1. The van der Waals surface area contributed by atoms with Crippen molar-refractivity contribution >= 4 is 29.9 Å². The molecule has 2 aromatic rings. The van der Waals surface area contributed by atoms with Gasteiger partial charge >= 0.3 is 0 Å². The Kier molecular flexibility index (Phi) is 9.39. The maximum absolute atomic E-state index is 6.05. The van der Waals surface area contributed by atoms with Gasteiger partial charge in [0.05, 0.1) is 12.6 Å². The summed E-state index contributed by atoms with van der Waals surface area (Å²) in [5.41, 5.74) is 2.29. The Balaban J connectivity index is 0.00000338. The van der Waals surface area contributed by atoms with E-state index < -0.39 is 0 Å². The molecule has 7 nitrogen and oxygen atoms in total. The zero-order valence-corrected chi connectivity index (χ0v) is 18.4. The van der Waals surface area contributed by atoms with Crippen LogP contribution in [0.1, 0.15) is 37.2 Å².